The van der Waals surface area contributed by atoms with Crippen LogP contribution in [0.1, 0.15) is 30.9 Å². The number of nitrogens with zero attached hydrogens (tertiary/aromatic N) is 1. The average molecular weight is 316 g/mol. The lowest BCUT2D eigenvalue weighted by molar-refractivity contribution is -0.149. The first kappa shape index (κ1) is 17.1. The highest BCUT2D eigenvalue weighted by Crippen LogP contribution is 2.18. The lowest BCUT2D eigenvalue weighted by Gasteiger charge is -2.31. The molecule has 0 aliphatic carbocycles. The number of amides is 2. The van der Waals surface area contributed by atoms with Gasteiger partial charge >= 0.3 is 12.0 Å². The van der Waals surface area contributed by atoms with E-state index in [1.165, 1.54) is 5.56 Å². The third-order valence-corrected chi connectivity index (χ3v) is 3.85. The number of carbonyl (C=O) groups is 2. The number of carbonyl (C=O) groups excluding carboxylic acids is 2. The number of benzene rings is 1. The monoisotopic (exact) mass is 316 g/mol. The summed E-state index contributed by atoms with van der Waals surface area (Å²) < 4.78 is 5.05. The number of nitrogens with one attached hydrogen (secondary N) is 1. The van der Waals surface area contributed by atoms with Crippen molar-refractivity contribution >= 4 is 18.1 Å². The maximum atomic E-state index is 12.2. The Labute approximate surface area is 137 Å². The number of hydrogen-bond donors (Lipinski definition) is 1. The summed E-state index contributed by atoms with van der Waals surface area (Å²) >= 11 is 0. The number of piperidine rings is 1. The highest BCUT2D eigenvalue weighted by molar-refractivity contribution is 5.78. The van der Waals surface area contributed by atoms with Gasteiger partial charge in [-0.05, 0) is 38.3 Å². The van der Waals surface area contributed by atoms with Crippen molar-refractivity contribution in [3.05, 3.63) is 41.6 Å². The zero-order valence-electron chi connectivity index (χ0n) is 13.7. The van der Waals surface area contributed by atoms with Gasteiger partial charge in [0, 0.05) is 19.3 Å². The molecule has 0 radical (unpaired) electrons. The van der Waals surface area contributed by atoms with Crippen molar-refractivity contribution in [2.75, 3.05) is 19.7 Å². The Morgan fingerprint density at radius 3 is 3.00 bits per heavy atom. The number of ether oxygens (including phenoxy) is 1. The van der Waals surface area contributed by atoms with E-state index in [0.717, 1.165) is 18.4 Å². The van der Waals surface area contributed by atoms with Crippen LogP contribution >= 0.6 is 0 Å². The van der Waals surface area contributed by atoms with Crippen molar-refractivity contribution in [3.63, 3.8) is 0 Å². The van der Waals surface area contributed by atoms with E-state index in [1.807, 2.05) is 37.3 Å². The molecular weight excluding hydrogens is 292 g/mol. The molecule has 1 fully saturated rings. The Hall–Kier alpha value is -2.30. The molecule has 1 aliphatic rings. The van der Waals surface area contributed by atoms with Crippen LogP contribution in [-0.4, -0.2) is 36.6 Å². The molecule has 5 nitrogen and oxygen atoms in total. The van der Waals surface area contributed by atoms with Gasteiger partial charge in [-0.2, -0.15) is 0 Å². The zero-order chi connectivity index (χ0) is 16.7. The van der Waals surface area contributed by atoms with Gasteiger partial charge in [0.05, 0.1) is 12.5 Å². The fourth-order valence-corrected chi connectivity index (χ4v) is 2.69. The fourth-order valence-electron chi connectivity index (χ4n) is 2.69. The molecule has 1 aromatic carbocycles. The molecular formula is C18H24N2O3. The molecule has 1 saturated heterocycles. The smallest absolute Gasteiger partial charge is 0.321 e. The largest absolute Gasteiger partial charge is 0.466 e. The maximum absolute atomic E-state index is 12.2. The summed E-state index contributed by atoms with van der Waals surface area (Å²) in [7, 11) is 0. The maximum Gasteiger partial charge on any atom is 0.321 e. The molecule has 2 rings (SSSR count). The summed E-state index contributed by atoms with van der Waals surface area (Å²) in [5.41, 5.74) is 2.21. The van der Waals surface area contributed by atoms with E-state index in [4.69, 9.17) is 4.74 Å². The van der Waals surface area contributed by atoms with Crippen LogP contribution in [0.25, 0.3) is 6.08 Å². The number of rotatable bonds is 4. The Morgan fingerprint density at radius 2 is 2.26 bits per heavy atom. The van der Waals surface area contributed by atoms with Crippen molar-refractivity contribution in [1.82, 2.24) is 10.2 Å². The van der Waals surface area contributed by atoms with Crippen molar-refractivity contribution in [2.45, 2.75) is 26.7 Å². The second kappa shape index (κ2) is 8.36. The highest BCUT2D eigenvalue weighted by atomic mass is 16.5. The van der Waals surface area contributed by atoms with E-state index in [9.17, 15) is 9.59 Å². The summed E-state index contributed by atoms with van der Waals surface area (Å²) in [5.74, 6) is -0.421. The molecule has 1 unspecified atom stereocenters. The van der Waals surface area contributed by atoms with E-state index in [2.05, 4.69) is 5.32 Å². The van der Waals surface area contributed by atoms with Gasteiger partial charge in [-0.3, -0.25) is 4.79 Å². The van der Waals surface area contributed by atoms with Gasteiger partial charge in [-0.15, -0.1) is 0 Å². The molecule has 1 aliphatic heterocycles. The van der Waals surface area contributed by atoms with E-state index < -0.39 is 0 Å². The summed E-state index contributed by atoms with van der Waals surface area (Å²) in [6, 6.07) is 7.85. The van der Waals surface area contributed by atoms with Gasteiger partial charge in [0.15, 0.2) is 0 Å². The molecule has 1 atom stereocenters. The van der Waals surface area contributed by atoms with Crippen LogP contribution in [-0.2, 0) is 9.53 Å². The topological polar surface area (TPSA) is 58.6 Å². The van der Waals surface area contributed by atoms with E-state index in [1.54, 1.807) is 18.0 Å². The number of esters is 1. The molecule has 0 spiro atoms. The third-order valence-electron chi connectivity index (χ3n) is 3.85. The van der Waals surface area contributed by atoms with Gasteiger partial charge in [0.2, 0.25) is 0 Å². The normalized spacial score (nSPS) is 18.0. The Morgan fingerprint density at radius 1 is 1.43 bits per heavy atom. The van der Waals surface area contributed by atoms with E-state index in [-0.39, 0.29) is 17.9 Å². The first-order chi connectivity index (χ1) is 11.1. The van der Waals surface area contributed by atoms with Gasteiger partial charge in [-0.25, -0.2) is 4.79 Å². The van der Waals surface area contributed by atoms with Crippen LogP contribution in [0.15, 0.2) is 30.5 Å². The molecule has 2 amide bonds. The van der Waals surface area contributed by atoms with Gasteiger partial charge in [-0.1, -0.05) is 29.8 Å². The van der Waals surface area contributed by atoms with Crippen LogP contribution in [0.4, 0.5) is 4.79 Å². The minimum Gasteiger partial charge on any atom is -0.466 e. The number of hydrogen-bond acceptors (Lipinski definition) is 3. The lowest BCUT2D eigenvalue weighted by Crippen LogP contribution is -2.46. The van der Waals surface area contributed by atoms with E-state index in [0.29, 0.717) is 19.7 Å². The Kier molecular flexibility index (Phi) is 6.20. The summed E-state index contributed by atoms with van der Waals surface area (Å²) in [6.07, 6.45) is 5.10. The molecule has 0 saturated carbocycles. The minimum atomic E-state index is -0.213. The first-order valence-electron chi connectivity index (χ1n) is 8.05. The molecule has 0 aromatic heterocycles. The fraction of sp³-hybridized carbons (Fsp3) is 0.444. The Balaban J connectivity index is 1.86. The van der Waals surface area contributed by atoms with Crippen molar-refractivity contribution < 1.29 is 14.3 Å². The third kappa shape index (κ3) is 5.13. The van der Waals surface area contributed by atoms with Crippen LogP contribution in [0, 0.1) is 12.8 Å². The second-order valence-corrected chi connectivity index (χ2v) is 5.73. The molecule has 23 heavy (non-hydrogen) atoms. The van der Waals surface area contributed by atoms with Crippen molar-refractivity contribution in [3.8, 4) is 0 Å². The zero-order valence-corrected chi connectivity index (χ0v) is 13.7. The van der Waals surface area contributed by atoms with Gasteiger partial charge < -0.3 is 15.0 Å². The quantitative estimate of drug-likeness (QED) is 0.869. The molecule has 0 bridgehead atoms. The second-order valence-electron chi connectivity index (χ2n) is 5.73. The van der Waals surface area contributed by atoms with Crippen molar-refractivity contribution in [2.24, 2.45) is 5.92 Å². The number of urea groups is 1. The molecule has 1 aromatic rings. The average Bonchev–Trinajstić information content (AvgIpc) is 2.55. The predicted molar refractivity (Wildman–Crippen MR) is 89.7 cm³/mol. The molecule has 1 heterocycles. The van der Waals surface area contributed by atoms with Crippen LogP contribution in [0.5, 0.6) is 0 Å². The van der Waals surface area contributed by atoms with Crippen molar-refractivity contribution in [1.29, 1.82) is 0 Å². The summed E-state index contributed by atoms with van der Waals surface area (Å²) in [5, 5.41) is 2.77. The van der Waals surface area contributed by atoms with Crippen LogP contribution in [0.2, 0.25) is 0 Å². The highest BCUT2D eigenvalue weighted by Gasteiger charge is 2.28. The molecule has 5 heteroatoms. The van der Waals surface area contributed by atoms with Gasteiger partial charge in [0.1, 0.15) is 0 Å². The summed E-state index contributed by atoms with van der Waals surface area (Å²) in [4.78, 5) is 25.7. The van der Waals surface area contributed by atoms with E-state index >= 15 is 0 Å². The number of aryl methyl sites for hydroxylation is 1. The molecule has 124 valence electrons. The SMILES string of the molecule is CCOC(=O)C1CCCN(C(=O)N/C=C/c2cccc(C)c2)C1. The van der Waals surface area contributed by atoms with Crippen LogP contribution in [0.3, 0.4) is 0 Å². The Bertz CT molecular complexity index is 583. The predicted octanol–water partition coefficient (Wildman–Crippen LogP) is 2.95. The summed E-state index contributed by atoms with van der Waals surface area (Å²) in [6.45, 7) is 5.28. The minimum absolute atomic E-state index is 0.178. The lowest BCUT2D eigenvalue weighted by atomic mass is 9.98. The molecule has 1 N–H and O–H groups in total. The number of likely N-dealkylation sites (tertiary alicyclic amines) is 1. The standard InChI is InChI=1S/C18H24N2O3/c1-3-23-17(21)16-8-5-11-20(13-16)18(22)19-10-9-15-7-4-6-14(2)12-15/h4,6-7,9-10,12,16H,3,5,8,11,13H2,1-2H3,(H,19,22)/b10-9+. The van der Waals surface area contributed by atoms with Crippen LogP contribution < -0.4 is 5.32 Å². The van der Waals surface area contributed by atoms with Gasteiger partial charge in [0.25, 0.3) is 0 Å². The first-order valence-corrected chi connectivity index (χ1v) is 8.05.